The van der Waals surface area contributed by atoms with Gasteiger partial charge in [0.1, 0.15) is 0 Å². The molecule has 0 saturated carbocycles. The standard InChI is InChI=1S/C18H21N3O2/c22-18(19-8-9-21-10-12-23-13-11-21)16-6-7-17(20-14-16)15-4-2-1-3-5-15/h1-7,14H,8-13H2,(H,19,22). The van der Waals surface area contributed by atoms with E-state index in [1.54, 1.807) is 6.20 Å². The third-order valence-corrected chi connectivity index (χ3v) is 3.91. The summed E-state index contributed by atoms with van der Waals surface area (Å²) in [6.45, 7) is 4.91. The number of benzene rings is 1. The Morgan fingerprint density at radius 3 is 2.61 bits per heavy atom. The molecule has 1 N–H and O–H groups in total. The lowest BCUT2D eigenvalue weighted by Crippen LogP contribution is -2.41. The van der Waals surface area contributed by atoms with E-state index in [0.717, 1.165) is 44.1 Å². The van der Waals surface area contributed by atoms with Gasteiger partial charge in [0.15, 0.2) is 0 Å². The topological polar surface area (TPSA) is 54.5 Å². The second kappa shape index (κ2) is 7.85. The summed E-state index contributed by atoms with van der Waals surface area (Å²) in [6, 6.07) is 13.6. The summed E-state index contributed by atoms with van der Waals surface area (Å²) in [6.07, 6.45) is 1.63. The molecule has 0 unspecified atom stereocenters. The van der Waals surface area contributed by atoms with E-state index in [1.165, 1.54) is 0 Å². The average molecular weight is 311 g/mol. The Labute approximate surface area is 136 Å². The van der Waals surface area contributed by atoms with Crippen LogP contribution < -0.4 is 5.32 Å². The normalized spacial score (nSPS) is 15.3. The van der Waals surface area contributed by atoms with Crippen molar-refractivity contribution in [2.45, 2.75) is 0 Å². The monoisotopic (exact) mass is 311 g/mol. The lowest BCUT2D eigenvalue weighted by molar-refractivity contribution is 0.0383. The first-order chi connectivity index (χ1) is 11.3. The van der Waals surface area contributed by atoms with Gasteiger partial charge in [-0.2, -0.15) is 0 Å². The van der Waals surface area contributed by atoms with E-state index >= 15 is 0 Å². The maximum absolute atomic E-state index is 12.1. The summed E-state index contributed by atoms with van der Waals surface area (Å²) in [5.41, 5.74) is 2.51. The van der Waals surface area contributed by atoms with Crippen LogP contribution in [0.3, 0.4) is 0 Å². The molecule has 1 aliphatic rings. The van der Waals surface area contributed by atoms with Crippen LogP contribution in [0.25, 0.3) is 11.3 Å². The van der Waals surface area contributed by atoms with E-state index in [4.69, 9.17) is 4.74 Å². The molecule has 5 nitrogen and oxygen atoms in total. The molecule has 2 aromatic rings. The Hall–Kier alpha value is -2.24. The zero-order valence-corrected chi connectivity index (χ0v) is 13.1. The summed E-state index contributed by atoms with van der Waals surface area (Å²) in [5.74, 6) is -0.0784. The van der Waals surface area contributed by atoms with Gasteiger partial charge in [0, 0.05) is 37.9 Å². The Bertz CT molecular complexity index is 622. The van der Waals surface area contributed by atoms with Gasteiger partial charge in [-0.25, -0.2) is 0 Å². The molecule has 1 saturated heterocycles. The maximum Gasteiger partial charge on any atom is 0.252 e. The molecule has 1 aromatic carbocycles. The molecule has 0 bridgehead atoms. The molecular formula is C18H21N3O2. The Kier molecular flexibility index (Phi) is 5.34. The number of hydrogen-bond acceptors (Lipinski definition) is 4. The van der Waals surface area contributed by atoms with Crippen molar-refractivity contribution in [2.24, 2.45) is 0 Å². The fourth-order valence-electron chi connectivity index (χ4n) is 2.56. The van der Waals surface area contributed by atoms with E-state index < -0.39 is 0 Å². The van der Waals surface area contributed by atoms with Gasteiger partial charge in [0.25, 0.3) is 5.91 Å². The van der Waals surface area contributed by atoms with Gasteiger partial charge in [0.05, 0.1) is 24.5 Å². The number of aromatic nitrogens is 1. The number of amides is 1. The van der Waals surface area contributed by atoms with Crippen molar-refractivity contribution in [2.75, 3.05) is 39.4 Å². The molecule has 0 aliphatic carbocycles. The van der Waals surface area contributed by atoms with Crippen molar-refractivity contribution in [3.63, 3.8) is 0 Å². The fourth-order valence-corrected chi connectivity index (χ4v) is 2.56. The van der Waals surface area contributed by atoms with Gasteiger partial charge in [-0.1, -0.05) is 30.3 Å². The van der Waals surface area contributed by atoms with Crippen LogP contribution in [0.4, 0.5) is 0 Å². The molecule has 0 radical (unpaired) electrons. The zero-order chi connectivity index (χ0) is 15.9. The lowest BCUT2D eigenvalue weighted by Gasteiger charge is -2.26. The van der Waals surface area contributed by atoms with Crippen LogP contribution >= 0.6 is 0 Å². The molecule has 1 amide bonds. The van der Waals surface area contributed by atoms with Gasteiger partial charge in [-0.05, 0) is 12.1 Å². The highest BCUT2D eigenvalue weighted by atomic mass is 16.5. The number of pyridine rings is 1. The Morgan fingerprint density at radius 2 is 1.91 bits per heavy atom. The summed E-state index contributed by atoms with van der Waals surface area (Å²) < 4.78 is 5.31. The minimum atomic E-state index is -0.0784. The molecule has 1 fully saturated rings. The molecule has 5 heteroatoms. The number of carbonyl (C=O) groups excluding carboxylic acids is 1. The molecule has 2 heterocycles. The van der Waals surface area contributed by atoms with Gasteiger partial charge in [-0.3, -0.25) is 14.7 Å². The largest absolute Gasteiger partial charge is 0.379 e. The third-order valence-electron chi connectivity index (χ3n) is 3.91. The van der Waals surface area contributed by atoms with Gasteiger partial charge in [-0.15, -0.1) is 0 Å². The number of hydrogen-bond donors (Lipinski definition) is 1. The van der Waals surface area contributed by atoms with E-state index in [2.05, 4.69) is 15.2 Å². The van der Waals surface area contributed by atoms with Crippen molar-refractivity contribution in [1.29, 1.82) is 0 Å². The van der Waals surface area contributed by atoms with E-state index in [-0.39, 0.29) is 5.91 Å². The van der Waals surface area contributed by atoms with Crippen molar-refractivity contribution >= 4 is 5.91 Å². The van der Waals surface area contributed by atoms with Crippen molar-refractivity contribution < 1.29 is 9.53 Å². The van der Waals surface area contributed by atoms with Crippen LogP contribution in [0.1, 0.15) is 10.4 Å². The number of nitrogens with zero attached hydrogens (tertiary/aromatic N) is 2. The van der Waals surface area contributed by atoms with Crippen molar-refractivity contribution in [3.05, 3.63) is 54.2 Å². The molecule has 0 atom stereocenters. The van der Waals surface area contributed by atoms with Gasteiger partial charge in [0.2, 0.25) is 0 Å². The van der Waals surface area contributed by atoms with Gasteiger partial charge < -0.3 is 10.1 Å². The molecule has 120 valence electrons. The summed E-state index contributed by atoms with van der Waals surface area (Å²) >= 11 is 0. The highest BCUT2D eigenvalue weighted by Gasteiger charge is 2.11. The number of morpholine rings is 1. The molecule has 0 spiro atoms. The number of nitrogens with one attached hydrogen (secondary N) is 1. The molecule has 23 heavy (non-hydrogen) atoms. The van der Waals surface area contributed by atoms with Crippen LogP contribution in [0.15, 0.2) is 48.7 Å². The predicted molar refractivity (Wildman–Crippen MR) is 89.3 cm³/mol. The zero-order valence-electron chi connectivity index (χ0n) is 13.1. The second-order valence-electron chi connectivity index (χ2n) is 5.51. The number of carbonyl (C=O) groups is 1. The first kappa shape index (κ1) is 15.6. The third kappa shape index (κ3) is 4.37. The first-order valence-electron chi connectivity index (χ1n) is 7.93. The minimum absolute atomic E-state index is 0.0784. The maximum atomic E-state index is 12.1. The molecular weight excluding hydrogens is 290 g/mol. The summed E-state index contributed by atoms with van der Waals surface area (Å²) in [5, 5.41) is 2.94. The van der Waals surface area contributed by atoms with E-state index in [0.29, 0.717) is 12.1 Å². The summed E-state index contributed by atoms with van der Waals surface area (Å²) in [4.78, 5) is 18.8. The Morgan fingerprint density at radius 1 is 1.13 bits per heavy atom. The summed E-state index contributed by atoms with van der Waals surface area (Å²) in [7, 11) is 0. The highest BCUT2D eigenvalue weighted by molar-refractivity contribution is 5.94. The van der Waals surface area contributed by atoms with E-state index in [9.17, 15) is 4.79 Å². The van der Waals surface area contributed by atoms with Crippen molar-refractivity contribution in [3.8, 4) is 11.3 Å². The molecule has 1 aromatic heterocycles. The van der Waals surface area contributed by atoms with Crippen LogP contribution in [0.5, 0.6) is 0 Å². The average Bonchev–Trinajstić information content (AvgIpc) is 2.63. The van der Waals surface area contributed by atoms with Crippen LogP contribution in [0.2, 0.25) is 0 Å². The van der Waals surface area contributed by atoms with Gasteiger partial charge >= 0.3 is 0 Å². The quantitative estimate of drug-likeness (QED) is 0.915. The van der Waals surface area contributed by atoms with Crippen LogP contribution in [0, 0.1) is 0 Å². The van der Waals surface area contributed by atoms with E-state index in [1.807, 2.05) is 42.5 Å². The first-order valence-corrected chi connectivity index (χ1v) is 7.93. The SMILES string of the molecule is O=C(NCCN1CCOCC1)c1ccc(-c2ccccc2)nc1. The predicted octanol–water partition coefficient (Wildman–Crippen LogP) is 1.81. The van der Waals surface area contributed by atoms with Crippen LogP contribution in [-0.2, 0) is 4.74 Å². The van der Waals surface area contributed by atoms with Crippen molar-refractivity contribution in [1.82, 2.24) is 15.2 Å². The minimum Gasteiger partial charge on any atom is -0.379 e. The fraction of sp³-hybridized carbons (Fsp3) is 0.333. The molecule has 1 aliphatic heterocycles. The smallest absolute Gasteiger partial charge is 0.252 e. The number of ether oxygens (including phenoxy) is 1. The van der Waals surface area contributed by atoms with Crippen LogP contribution in [-0.4, -0.2) is 55.2 Å². The second-order valence-corrected chi connectivity index (χ2v) is 5.51. The number of rotatable bonds is 5. The lowest BCUT2D eigenvalue weighted by atomic mass is 10.1. The molecule has 3 rings (SSSR count). The highest BCUT2D eigenvalue weighted by Crippen LogP contribution is 2.16. The Balaban J connectivity index is 1.51.